The lowest BCUT2D eigenvalue weighted by Crippen LogP contribution is -2.23. The van der Waals surface area contributed by atoms with Gasteiger partial charge >= 0.3 is 0 Å². The Labute approximate surface area is 159 Å². The van der Waals surface area contributed by atoms with Gasteiger partial charge in [0.1, 0.15) is 5.82 Å². The van der Waals surface area contributed by atoms with Crippen LogP contribution in [0.2, 0.25) is 5.02 Å². The molecule has 1 aromatic heterocycles. The summed E-state index contributed by atoms with van der Waals surface area (Å²) in [6.45, 7) is 2.44. The van der Waals surface area contributed by atoms with Crippen molar-refractivity contribution < 1.29 is 9.18 Å². The van der Waals surface area contributed by atoms with Gasteiger partial charge in [-0.25, -0.2) is 9.37 Å². The van der Waals surface area contributed by atoms with Crippen molar-refractivity contribution in [3.05, 3.63) is 69.2 Å². The normalized spacial score (nSPS) is 11.0. The third-order valence-electron chi connectivity index (χ3n) is 3.84. The molecule has 0 spiro atoms. The lowest BCUT2D eigenvalue weighted by atomic mass is 10.1. The molecule has 3 rings (SSSR count). The molecular formula is C19H16ClFN2O2S. The largest absolute Gasteiger partial charge is 0.293 e. The molecule has 3 aromatic rings. The topological polar surface area (TPSA) is 52.0 Å². The SMILES string of the molecule is CCCn1c(SCC(=O)c2ccccc2F)nc2cc(Cl)ccc2c1=O. The summed E-state index contributed by atoms with van der Waals surface area (Å²) in [5.74, 6) is -0.915. The monoisotopic (exact) mass is 390 g/mol. The lowest BCUT2D eigenvalue weighted by Gasteiger charge is -2.12. The van der Waals surface area contributed by atoms with Gasteiger partial charge in [0, 0.05) is 11.6 Å². The maximum Gasteiger partial charge on any atom is 0.262 e. The first-order chi connectivity index (χ1) is 12.5. The van der Waals surface area contributed by atoms with Crippen LogP contribution in [-0.2, 0) is 6.54 Å². The second-order valence-corrected chi connectivity index (χ2v) is 7.08. The van der Waals surface area contributed by atoms with E-state index in [9.17, 15) is 14.0 Å². The molecule has 0 saturated carbocycles. The minimum absolute atomic E-state index is 0.0108. The smallest absolute Gasteiger partial charge is 0.262 e. The summed E-state index contributed by atoms with van der Waals surface area (Å²) in [5, 5.41) is 1.39. The Morgan fingerprint density at radius 2 is 2.04 bits per heavy atom. The van der Waals surface area contributed by atoms with Gasteiger partial charge in [-0.1, -0.05) is 42.4 Å². The highest BCUT2D eigenvalue weighted by atomic mass is 35.5. The first kappa shape index (κ1) is 18.6. The standard InChI is InChI=1S/C19H16ClFN2O2S/c1-2-9-23-18(25)14-8-7-12(20)10-16(14)22-19(23)26-11-17(24)13-5-3-4-6-15(13)21/h3-8,10H,2,9,11H2,1H3. The van der Waals surface area contributed by atoms with Crippen LogP contribution in [0.1, 0.15) is 23.7 Å². The van der Waals surface area contributed by atoms with Crippen LogP contribution in [0.3, 0.4) is 0 Å². The van der Waals surface area contributed by atoms with E-state index in [4.69, 9.17) is 11.6 Å². The van der Waals surface area contributed by atoms with Gasteiger partial charge in [-0.15, -0.1) is 0 Å². The number of benzene rings is 2. The minimum atomic E-state index is -0.553. The molecule has 2 aromatic carbocycles. The number of thioether (sulfide) groups is 1. The zero-order valence-electron chi connectivity index (χ0n) is 14.0. The average Bonchev–Trinajstić information content (AvgIpc) is 2.62. The van der Waals surface area contributed by atoms with Crippen molar-refractivity contribution in [2.24, 2.45) is 0 Å². The van der Waals surface area contributed by atoms with Crippen LogP contribution in [0.15, 0.2) is 52.4 Å². The molecule has 0 unspecified atom stereocenters. The van der Waals surface area contributed by atoms with Crippen molar-refractivity contribution in [2.75, 3.05) is 5.75 Å². The van der Waals surface area contributed by atoms with Gasteiger partial charge in [-0.2, -0.15) is 0 Å². The summed E-state index contributed by atoms with van der Waals surface area (Å²) < 4.78 is 15.3. The first-order valence-electron chi connectivity index (χ1n) is 8.12. The van der Waals surface area contributed by atoms with Gasteiger partial charge in [-0.3, -0.25) is 14.2 Å². The van der Waals surface area contributed by atoms with E-state index < -0.39 is 5.82 Å². The molecule has 0 N–H and O–H groups in total. The second-order valence-electron chi connectivity index (χ2n) is 5.70. The molecule has 26 heavy (non-hydrogen) atoms. The molecular weight excluding hydrogens is 375 g/mol. The van der Waals surface area contributed by atoms with Gasteiger partial charge < -0.3 is 0 Å². The molecule has 0 atom stereocenters. The predicted octanol–water partition coefficient (Wildman–Crippen LogP) is 4.57. The predicted molar refractivity (Wildman–Crippen MR) is 103 cm³/mol. The van der Waals surface area contributed by atoms with Gasteiger partial charge in [0.05, 0.1) is 22.2 Å². The highest BCUT2D eigenvalue weighted by Crippen LogP contribution is 2.22. The van der Waals surface area contributed by atoms with E-state index in [1.807, 2.05) is 6.92 Å². The highest BCUT2D eigenvalue weighted by Gasteiger charge is 2.16. The van der Waals surface area contributed by atoms with Crippen molar-refractivity contribution in [1.29, 1.82) is 0 Å². The summed E-state index contributed by atoms with van der Waals surface area (Å²) in [5.41, 5.74) is 0.346. The van der Waals surface area contributed by atoms with Crippen LogP contribution in [0, 0.1) is 5.82 Å². The van der Waals surface area contributed by atoms with Crippen molar-refractivity contribution in [2.45, 2.75) is 25.0 Å². The molecule has 1 heterocycles. The Morgan fingerprint density at radius 1 is 1.27 bits per heavy atom. The summed E-state index contributed by atoms with van der Waals surface area (Å²) in [4.78, 5) is 29.6. The van der Waals surface area contributed by atoms with Crippen molar-refractivity contribution in [1.82, 2.24) is 9.55 Å². The number of nitrogens with zero attached hydrogens (tertiary/aromatic N) is 2. The number of fused-ring (bicyclic) bond motifs is 1. The Balaban J connectivity index is 1.96. The maximum absolute atomic E-state index is 13.8. The maximum atomic E-state index is 13.8. The molecule has 0 saturated heterocycles. The average molecular weight is 391 g/mol. The number of halogens is 2. The number of rotatable bonds is 6. The number of aromatic nitrogens is 2. The number of carbonyl (C=O) groups is 1. The first-order valence-corrected chi connectivity index (χ1v) is 9.48. The van der Waals surface area contributed by atoms with Gasteiger partial charge in [0.2, 0.25) is 0 Å². The second kappa shape index (κ2) is 8.01. The van der Waals surface area contributed by atoms with Crippen LogP contribution in [0.25, 0.3) is 10.9 Å². The van der Waals surface area contributed by atoms with Gasteiger partial charge in [-0.05, 0) is 36.8 Å². The fourth-order valence-electron chi connectivity index (χ4n) is 2.60. The Kier molecular flexibility index (Phi) is 5.74. The fraction of sp³-hybridized carbons (Fsp3) is 0.211. The molecule has 0 aliphatic rings. The Hall–Kier alpha value is -2.18. The van der Waals surface area contributed by atoms with E-state index in [1.165, 1.54) is 18.2 Å². The molecule has 0 fully saturated rings. The Morgan fingerprint density at radius 3 is 2.77 bits per heavy atom. The molecule has 7 heteroatoms. The summed E-state index contributed by atoms with van der Waals surface area (Å²) in [6.07, 6.45) is 0.746. The third-order valence-corrected chi connectivity index (χ3v) is 5.05. The van der Waals surface area contributed by atoms with Crippen LogP contribution >= 0.6 is 23.4 Å². The van der Waals surface area contributed by atoms with Crippen LogP contribution in [-0.4, -0.2) is 21.1 Å². The van der Waals surface area contributed by atoms with E-state index in [-0.39, 0.29) is 22.7 Å². The van der Waals surface area contributed by atoms with E-state index in [1.54, 1.807) is 28.8 Å². The molecule has 0 aliphatic carbocycles. The van der Waals surface area contributed by atoms with Crippen LogP contribution in [0.5, 0.6) is 0 Å². The van der Waals surface area contributed by atoms with Gasteiger partial charge in [0.25, 0.3) is 5.56 Å². The summed E-state index contributed by atoms with van der Waals surface area (Å²) >= 11 is 7.12. The Bertz CT molecular complexity index is 1040. The number of hydrogen-bond donors (Lipinski definition) is 0. The highest BCUT2D eigenvalue weighted by molar-refractivity contribution is 7.99. The molecule has 0 aliphatic heterocycles. The summed E-state index contributed by atoms with van der Waals surface area (Å²) in [7, 11) is 0. The molecule has 4 nitrogen and oxygen atoms in total. The van der Waals surface area contributed by atoms with E-state index in [0.717, 1.165) is 18.2 Å². The van der Waals surface area contributed by atoms with E-state index >= 15 is 0 Å². The van der Waals surface area contributed by atoms with Crippen molar-refractivity contribution in [3.8, 4) is 0 Å². The number of hydrogen-bond acceptors (Lipinski definition) is 4. The molecule has 0 amide bonds. The van der Waals surface area contributed by atoms with Crippen LogP contribution < -0.4 is 5.56 Å². The quantitative estimate of drug-likeness (QED) is 0.351. The van der Waals surface area contributed by atoms with Gasteiger partial charge in [0.15, 0.2) is 10.9 Å². The summed E-state index contributed by atoms with van der Waals surface area (Å²) in [6, 6.07) is 10.8. The number of Topliss-reactive ketones (excluding diaryl/α,β-unsaturated/α-hetero) is 1. The zero-order chi connectivity index (χ0) is 18.7. The van der Waals surface area contributed by atoms with Crippen LogP contribution in [0.4, 0.5) is 4.39 Å². The lowest BCUT2D eigenvalue weighted by molar-refractivity contribution is 0.101. The van der Waals surface area contributed by atoms with E-state index in [2.05, 4.69) is 4.98 Å². The number of ketones is 1. The molecule has 0 radical (unpaired) electrons. The van der Waals surface area contributed by atoms with Crippen molar-refractivity contribution >= 4 is 40.0 Å². The van der Waals surface area contributed by atoms with Crippen molar-refractivity contribution in [3.63, 3.8) is 0 Å². The minimum Gasteiger partial charge on any atom is -0.293 e. The molecule has 134 valence electrons. The zero-order valence-corrected chi connectivity index (χ0v) is 15.6. The molecule has 0 bridgehead atoms. The third kappa shape index (κ3) is 3.81. The number of carbonyl (C=O) groups excluding carboxylic acids is 1. The van der Waals surface area contributed by atoms with E-state index in [0.29, 0.717) is 27.6 Å². The fourth-order valence-corrected chi connectivity index (χ4v) is 3.67.